The number of unbranched alkanes of at least 4 members (excludes halogenated alkanes) is 2. The van der Waals surface area contributed by atoms with E-state index in [0.29, 0.717) is 13.2 Å². The van der Waals surface area contributed by atoms with Crippen LogP contribution in [0.3, 0.4) is 0 Å². The van der Waals surface area contributed by atoms with E-state index in [9.17, 15) is 0 Å². The Bertz CT molecular complexity index is 552. The Hall–Kier alpha value is -2.36. The van der Waals surface area contributed by atoms with Crippen molar-refractivity contribution in [2.24, 2.45) is 0 Å². The molecule has 0 amide bonds. The fourth-order valence-electron chi connectivity index (χ4n) is 2.12. The van der Waals surface area contributed by atoms with E-state index in [-0.39, 0.29) is 0 Å². The maximum atomic E-state index is 5.71. The first-order chi connectivity index (χ1) is 11.3. The minimum atomic E-state index is 0.679. The van der Waals surface area contributed by atoms with Crippen LogP contribution in [0.2, 0.25) is 0 Å². The van der Waals surface area contributed by atoms with E-state index < -0.39 is 0 Å². The molecule has 0 aliphatic rings. The molecular weight excluding hydrogens is 290 g/mol. The van der Waals surface area contributed by atoms with Crippen molar-refractivity contribution < 1.29 is 14.2 Å². The lowest BCUT2D eigenvalue weighted by Gasteiger charge is -2.08. The molecule has 4 heteroatoms. The number of nitrogen functional groups attached to an aromatic ring is 1. The zero-order valence-corrected chi connectivity index (χ0v) is 13.7. The van der Waals surface area contributed by atoms with Crippen molar-refractivity contribution in [2.45, 2.75) is 26.2 Å². The predicted octanol–water partition coefficient (Wildman–Crippen LogP) is 4.30. The number of nitrogens with two attached hydrogens (primary N) is 1. The highest BCUT2D eigenvalue weighted by Crippen LogP contribution is 2.18. The summed E-state index contributed by atoms with van der Waals surface area (Å²) in [6.45, 7) is 4.09. The van der Waals surface area contributed by atoms with Crippen LogP contribution < -0.4 is 19.9 Å². The maximum absolute atomic E-state index is 5.71. The fourth-order valence-corrected chi connectivity index (χ4v) is 2.12. The molecule has 0 radical (unpaired) electrons. The second kappa shape index (κ2) is 9.62. The van der Waals surface area contributed by atoms with Gasteiger partial charge in [-0.25, -0.2) is 0 Å². The Morgan fingerprint density at radius 1 is 0.652 bits per heavy atom. The number of rotatable bonds is 10. The smallest absolute Gasteiger partial charge is 0.119 e. The maximum Gasteiger partial charge on any atom is 0.119 e. The van der Waals surface area contributed by atoms with E-state index in [2.05, 4.69) is 0 Å². The molecule has 0 spiro atoms. The van der Waals surface area contributed by atoms with Gasteiger partial charge in [-0.1, -0.05) is 0 Å². The van der Waals surface area contributed by atoms with Crippen LogP contribution in [0.4, 0.5) is 5.69 Å². The van der Waals surface area contributed by atoms with Crippen molar-refractivity contribution in [1.29, 1.82) is 0 Å². The molecule has 2 rings (SSSR count). The molecule has 23 heavy (non-hydrogen) atoms. The molecule has 0 saturated carbocycles. The lowest BCUT2D eigenvalue weighted by Crippen LogP contribution is -2.01. The number of hydrogen-bond acceptors (Lipinski definition) is 4. The average Bonchev–Trinajstić information content (AvgIpc) is 2.57. The molecule has 2 aromatic rings. The van der Waals surface area contributed by atoms with Crippen LogP contribution in [0.15, 0.2) is 48.5 Å². The Balaban J connectivity index is 1.53. The van der Waals surface area contributed by atoms with Crippen LogP contribution >= 0.6 is 0 Å². The largest absolute Gasteiger partial charge is 0.494 e. The summed E-state index contributed by atoms with van der Waals surface area (Å²) < 4.78 is 16.8. The molecular formula is C19H25NO3. The van der Waals surface area contributed by atoms with E-state index >= 15 is 0 Å². The van der Waals surface area contributed by atoms with Crippen molar-refractivity contribution in [3.8, 4) is 17.2 Å². The number of ether oxygens (including phenoxy) is 3. The van der Waals surface area contributed by atoms with Gasteiger partial charge in [-0.15, -0.1) is 0 Å². The normalized spacial score (nSPS) is 10.3. The first-order valence-corrected chi connectivity index (χ1v) is 8.12. The van der Waals surface area contributed by atoms with Crippen LogP contribution in [-0.4, -0.2) is 19.8 Å². The summed E-state index contributed by atoms with van der Waals surface area (Å²) >= 11 is 0. The van der Waals surface area contributed by atoms with Gasteiger partial charge in [0.05, 0.1) is 19.8 Å². The summed E-state index contributed by atoms with van der Waals surface area (Å²) in [6, 6.07) is 15.2. The molecule has 0 heterocycles. The molecule has 2 aromatic carbocycles. The zero-order valence-electron chi connectivity index (χ0n) is 13.7. The lowest BCUT2D eigenvalue weighted by molar-refractivity contribution is 0.279. The molecule has 0 unspecified atom stereocenters. The second-order valence-corrected chi connectivity index (χ2v) is 5.23. The topological polar surface area (TPSA) is 53.7 Å². The summed E-state index contributed by atoms with van der Waals surface area (Å²) in [7, 11) is 0. The third kappa shape index (κ3) is 6.51. The summed E-state index contributed by atoms with van der Waals surface area (Å²) in [4.78, 5) is 0. The molecule has 0 aromatic heterocycles. The molecule has 0 aliphatic carbocycles. The SMILES string of the molecule is CCOc1ccc(OCCCCCOc2ccc(N)cc2)cc1. The van der Waals surface area contributed by atoms with E-state index in [1.165, 1.54) is 0 Å². The van der Waals surface area contributed by atoms with Gasteiger partial charge >= 0.3 is 0 Å². The quantitative estimate of drug-likeness (QED) is 0.525. The molecule has 4 nitrogen and oxygen atoms in total. The minimum absolute atomic E-state index is 0.679. The standard InChI is InChI=1S/C19H25NO3/c1-2-21-17-10-12-19(13-11-17)23-15-5-3-4-14-22-18-8-6-16(20)7-9-18/h6-13H,2-5,14-15,20H2,1H3. The van der Waals surface area contributed by atoms with Crippen LogP contribution in [0, 0.1) is 0 Å². The Morgan fingerprint density at radius 3 is 1.57 bits per heavy atom. The molecule has 0 bridgehead atoms. The van der Waals surface area contributed by atoms with Gasteiger partial charge in [-0.2, -0.15) is 0 Å². The Kier molecular flexibility index (Phi) is 7.11. The van der Waals surface area contributed by atoms with Gasteiger partial charge in [0.25, 0.3) is 0 Å². The van der Waals surface area contributed by atoms with Crippen molar-refractivity contribution in [2.75, 3.05) is 25.6 Å². The van der Waals surface area contributed by atoms with Gasteiger partial charge in [-0.3, -0.25) is 0 Å². The number of benzene rings is 2. The first-order valence-electron chi connectivity index (χ1n) is 8.12. The van der Waals surface area contributed by atoms with Crippen LogP contribution in [-0.2, 0) is 0 Å². The van der Waals surface area contributed by atoms with Crippen molar-refractivity contribution >= 4 is 5.69 Å². The molecule has 0 aliphatic heterocycles. The molecule has 0 saturated heterocycles. The molecule has 124 valence electrons. The summed E-state index contributed by atoms with van der Waals surface area (Å²) in [5.74, 6) is 2.62. The summed E-state index contributed by atoms with van der Waals surface area (Å²) in [5.41, 5.74) is 6.38. The van der Waals surface area contributed by atoms with Crippen LogP contribution in [0.5, 0.6) is 17.2 Å². The average molecular weight is 315 g/mol. The van der Waals surface area contributed by atoms with Crippen molar-refractivity contribution in [3.05, 3.63) is 48.5 Å². The first kappa shape index (κ1) is 17.0. The highest BCUT2D eigenvalue weighted by molar-refractivity contribution is 5.41. The van der Waals surface area contributed by atoms with Crippen LogP contribution in [0.25, 0.3) is 0 Å². The highest BCUT2D eigenvalue weighted by Gasteiger charge is 1.97. The Morgan fingerprint density at radius 2 is 1.09 bits per heavy atom. The van der Waals surface area contributed by atoms with E-state index in [0.717, 1.165) is 48.8 Å². The highest BCUT2D eigenvalue weighted by atomic mass is 16.5. The number of hydrogen-bond donors (Lipinski definition) is 1. The van der Waals surface area contributed by atoms with E-state index in [1.807, 2.05) is 55.5 Å². The van der Waals surface area contributed by atoms with Gasteiger partial charge in [0, 0.05) is 5.69 Å². The van der Waals surface area contributed by atoms with Gasteiger partial charge in [0.15, 0.2) is 0 Å². The molecule has 2 N–H and O–H groups in total. The van der Waals surface area contributed by atoms with Gasteiger partial charge in [0.1, 0.15) is 17.2 Å². The van der Waals surface area contributed by atoms with E-state index in [4.69, 9.17) is 19.9 Å². The van der Waals surface area contributed by atoms with Crippen molar-refractivity contribution in [1.82, 2.24) is 0 Å². The Labute approximate surface area is 138 Å². The van der Waals surface area contributed by atoms with Gasteiger partial charge in [-0.05, 0) is 74.7 Å². The monoisotopic (exact) mass is 315 g/mol. The predicted molar refractivity (Wildman–Crippen MR) is 93.3 cm³/mol. The minimum Gasteiger partial charge on any atom is -0.494 e. The third-order valence-corrected chi connectivity index (χ3v) is 3.34. The van der Waals surface area contributed by atoms with Gasteiger partial charge in [0.2, 0.25) is 0 Å². The third-order valence-electron chi connectivity index (χ3n) is 3.34. The summed E-state index contributed by atoms with van der Waals surface area (Å²) in [6.07, 6.45) is 3.10. The molecule has 0 atom stereocenters. The second-order valence-electron chi connectivity index (χ2n) is 5.23. The van der Waals surface area contributed by atoms with Crippen molar-refractivity contribution in [3.63, 3.8) is 0 Å². The zero-order chi connectivity index (χ0) is 16.3. The van der Waals surface area contributed by atoms with E-state index in [1.54, 1.807) is 0 Å². The summed E-state index contributed by atoms with van der Waals surface area (Å²) in [5, 5.41) is 0. The molecule has 0 fully saturated rings. The lowest BCUT2D eigenvalue weighted by atomic mass is 10.2. The van der Waals surface area contributed by atoms with Gasteiger partial charge < -0.3 is 19.9 Å². The number of anilines is 1. The van der Waals surface area contributed by atoms with Crippen LogP contribution in [0.1, 0.15) is 26.2 Å². The fraction of sp³-hybridized carbons (Fsp3) is 0.368.